The van der Waals surface area contributed by atoms with Gasteiger partial charge in [0.15, 0.2) is 0 Å². The topological polar surface area (TPSA) is 38.4 Å². The predicted octanol–water partition coefficient (Wildman–Crippen LogP) is 4.48. The molecule has 108 valence electrons. The Morgan fingerprint density at radius 3 is 1.73 bits per heavy atom. The van der Waals surface area contributed by atoms with Crippen LogP contribution in [0, 0.1) is 0 Å². The third-order valence-corrected chi connectivity index (χ3v) is 3.59. The van der Waals surface area contributed by atoms with Crippen molar-refractivity contribution in [2.24, 2.45) is 4.99 Å². The molecule has 0 heterocycles. The second kappa shape index (κ2) is 6.72. The SMILES string of the molecule is Nc1ccccc1C=NC(c1ccccc1)c1ccccc1. The van der Waals surface area contributed by atoms with Gasteiger partial charge in [0.2, 0.25) is 0 Å². The van der Waals surface area contributed by atoms with E-state index in [1.165, 1.54) is 11.1 Å². The fraction of sp³-hybridized carbons (Fsp3) is 0.0500. The third kappa shape index (κ3) is 3.23. The lowest BCUT2D eigenvalue weighted by Crippen LogP contribution is -2.00. The van der Waals surface area contributed by atoms with Gasteiger partial charge < -0.3 is 5.73 Å². The lowest BCUT2D eigenvalue weighted by molar-refractivity contribution is 0.878. The zero-order valence-electron chi connectivity index (χ0n) is 12.3. The molecule has 0 saturated carbocycles. The number of anilines is 1. The summed E-state index contributed by atoms with van der Waals surface area (Å²) in [6.45, 7) is 0. The molecule has 3 aromatic rings. The Labute approximate surface area is 131 Å². The Kier molecular flexibility index (Phi) is 4.30. The molecule has 0 aromatic heterocycles. The molecule has 0 radical (unpaired) electrons. The second-order valence-electron chi connectivity index (χ2n) is 5.13. The molecule has 2 heteroatoms. The molecule has 22 heavy (non-hydrogen) atoms. The highest BCUT2D eigenvalue weighted by Gasteiger charge is 2.11. The molecule has 0 fully saturated rings. The van der Waals surface area contributed by atoms with E-state index in [0.717, 1.165) is 11.3 Å². The van der Waals surface area contributed by atoms with E-state index in [1.807, 2.05) is 66.9 Å². The zero-order chi connectivity index (χ0) is 15.2. The summed E-state index contributed by atoms with van der Waals surface area (Å²) >= 11 is 0. The number of hydrogen-bond donors (Lipinski definition) is 1. The van der Waals surface area contributed by atoms with Crippen LogP contribution in [0.5, 0.6) is 0 Å². The number of para-hydroxylation sites is 1. The Morgan fingerprint density at radius 2 is 1.18 bits per heavy atom. The first kappa shape index (κ1) is 14.1. The van der Waals surface area contributed by atoms with Gasteiger partial charge in [0.05, 0.1) is 6.04 Å². The molecular weight excluding hydrogens is 268 g/mol. The lowest BCUT2D eigenvalue weighted by Gasteiger charge is -2.13. The van der Waals surface area contributed by atoms with Crippen molar-refractivity contribution in [3.8, 4) is 0 Å². The molecule has 3 aromatic carbocycles. The second-order valence-corrected chi connectivity index (χ2v) is 5.13. The van der Waals surface area contributed by atoms with Gasteiger partial charge in [-0.2, -0.15) is 0 Å². The quantitative estimate of drug-likeness (QED) is 0.557. The fourth-order valence-corrected chi connectivity index (χ4v) is 2.42. The number of nitrogen functional groups attached to an aromatic ring is 1. The van der Waals surface area contributed by atoms with Gasteiger partial charge in [-0.1, -0.05) is 78.9 Å². The largest absolute Gasteiger partial charge is 0.398 e. The zero-order valence-corrected chi connectivity index (χ0v) is 12.3. The molecule has 0 unspecified atom stereocenters. The smallest absolute Gasteiger partial charge is 0.0999 e. The maximum Gasteiger partial charge on any atom is 0.0999 e. The number of nitrogens with zero attached hydrogens (tertiary/aromatic N) is 1. The minimum atomic E-state index is -0.0259. The number of nitrogens with two attached hydrogens (primary N) is 1. The number of rotatable bonds is 4. The highest BCUT2D eigenvalue weighted by atomic mass is 14.8. The van der Waals surface area contributed by atoms with E-state index in [4.69, 9.17) is 10.7 Å². The van der Waals surface area contributed by atoms with E-state index in [1.54, 1.807) is 0 Å². The van der Waals surface area contributed by atoms with Gasteiger partial charge in [0, 0.05) is 17.5 Å². The third-order valence-electron chi connectivity index (χ3n) is 3.59. The Bertz CT molecular complexity index is 709. The Balaban J connectivity index is 1.98. The molecule has 0 saturated heterocycles. The summed E-state index contributed by atoms with van der Waals surface area (Å²) in [5, 5.41) is 0. The normalized spacial score (nSPS) is 11.1. The van der Waals surface area contributed by atoms with Gasteiger partial charge in [-0.05, 0) is 17.2 Å². The van der Waals surface area contributed by atoms with Crippen molar-refractivity contribution < 1.29 is 0 Å². The van der Waals surface area contributed by atoms with E-state index in [-0.39, 0.29) is 6.04 Å². The first-order valence-electron chi connectivity index (χ1n) is 7.32. The van der Waals surface area contributed by atoms with Gasteiger partial charge in [0.1, 0.15) is 0 Å². The molecule has 0 atom stereocenters. The summed E-state index contributed by atoms with van der Waals surface area (Å²) in [6.07, 6.45) is 1.86. The van der Waals surface area contributed by atoms with Crippen LogP contribution in [0.1, 0.15) is 22.7 Å². The first-order chi connectivity index (χ1) is 10.8. The first-order valence-corrected chi connectivity index (χ1v) is 7.32. The van der Waals surface area contributed by atoms with Crippen molar-refractivity contribution in [3.05, 3.63) is 102 Å². The van der Waals surface area contributed by atoms with Gasteiger partial charge in [-0.25, -0.2) is 0 Å². The summed E-state index contributed by atoms with van der Waals surface area (Å²) in [4.78, 5) is 4.79. The molecule has 0 bridgehead atoms. The van der Waals surface area contributed by atoms with Gasteiger partial charge in [-0.15, -0.1) is 0 Å². The van der Waals surface area contributed by atoms with Crippen molar-refractivity contribution in [2.45, 2.75) is 6.04 Å². The average Bonchev–Trinajstić information content (AvgIpc) is 2.59. The van der Waals surface area contributed by atoms with Gasteiger partial charge in [0.25, 0.3) is 0 Å². The molecule has 3 rings (SSSR count). The van der Waals surface area contributed by atoms with E-state index in [2.05, 4.69) is 24.3 Å². The standard InChI is InChI=1S/C20H18N2/c21-19-14-8-7-13-18(19)15-22-20(16-9-3-1-4-10-16)17-11-5-2-6-12-17/h1-15,20H,21H2. The monoisotopic (exact) mass is 286 g/mol. The van der Waals surface area contributed by atoms with E-state index < -0.39 is 0 Å². The maximum atomic E-state index is 5.99. The van der Waals surface area contributed by atoms with Gasteiger partial charge in [-0.3, -0.25) is 4.99 Å². The molecule has 0 spiro atoms. The fourth-order valence-electron chi connectivity index (χ4n) is 2.42. The van der Waals surface area contributed by atoms with Crippen LogP contribution in [0.2, 0.25) is 0 Å². The van der Waals surface area contributed by atoms with Crippen LogP contribution in [0.15, 0.2) is 89.9 Å². The molecule has 0 amide bonds. The molecule has 0 aliphatic carbocycles. The maximum absolute atomic E-state index is 5.99. The number of hydrogen-bond acceptors (Lipinski definition) is 2. The number of aliphatic imine (C=N–C) groups is 1. The summed E-state index contributed by atoms with van der Waals surface area (Å²) in [6, 6.07) is 28.3. The minimum absolute atomic E-state index is 0.0259. The Morgan fingerprint density at radius 1 is 0.682 bits per heavy atom. The van der Waals surface area contributed by atoms with Crippen LogP contribution in [0.4, 0.5) is 5.69 Å². The summed E-state index contributed by atoms with van der Waals surface area (Å²) in [5.41, 5.74) is 10.0. The van der Waals surface area contributed by atoms with Crippen molar-refractivity contribution in [1.29, 1.82) is 0 Å². The lowest BCUT2D eigenvalue weighted by atomic mass is 9.99. The van der Waals surface area contributed by atoms with Crippen LogP contribution in [0.3, 0.4) is 0 Å². The highest BCUT2D eigenvalue weighted by molar-refractivity contribution is 5.87. The van der Waals surface area contributed by atoms with E-state index >= 15 is 0 Å². The Hall–Kier alpha value is -2.87. The molecule has 0 aliphatic heterocycles. The van der Waals surface area contributed by atoms with Crippen LogP contribution in [-0.4, -0.2) is 6.21 Å². The van der Waals surface area contributed by atoms with Crippen molar-refractivity contribution in [3.63, 3.8) is 0 Å². The van der Waals surface area contributed by atoms with Gasteiger partial charge >= 0.3 is 0 Å². The highest BCUT2D eigenvalue weighted by Crippen LogP contribution is 2.26. The molecular formula is C20H18N2. The number of benzene rings is 3. The van der Waals surface area contributed by atoms with E-state index in [0.29, 0.717) is 0 Å². The van der Waals surface area contributed by atoms with E-state index in [9.17, 15) is 0 Å². The summed E-state index contributed by atoms with van der Waals surface area (Å²) in [7, 11) is 0. The molecule has 0 aliphatic rings. The molecule has 2 N–H and O–H groups in total. The summed E-state index contributed by atoms with van der Waals surface area (Å²) in [5.74, 6) is 0. The van der Waals surface area contributed by atoms with Crippen molar-refractivity contribution >= 4 is 11.9 Å². The predicted molar refractivity (Wildman–Crippen MR) is 93.2 cm³/mol. The van der Waals surface area contributed by atoms with Crippen LogP contribution >= 0.6 is 0 Å². The van der Waals surface area contributed by atoms with Crippen LogP contribution in [0.25, 0.3) is 0 Å². The van der Waals surface area contributed by atoms with Crippen molar-refractivity contribution in [1.82, 2.24) is 0 Å². The van der Waals surface area contributed by atoms with Crippen molar-refractivity contribution in [2.75, 3.05) is 5.73 Å². The van der Waals surface area contributed by atoms with Crippen LogP contribution < -0.4 is 5.73 Å². The summed E-state index contributed by atoms with van der Waals surface area (Å²) < 4.78 is 0. The average molecular weight is 286 g/mol. The molecule has 2 nitrogen and oxygen atoms in total. The van der Waals surface area contributed by atoms with Crippen LogP contribution in [-0.2, 0) is 0 Å². The minimum Gasteiger partial charge on any atom is -0.398 e.